The third kappa shape index (κ3) is 3.77. The van der Waals surface area contributed by atoms with E-state index in [0.717, 1.165) is 0 Å². The van der Waals surface area contributed by atoms with Gasteiger partial charge < -0.3 is 19.3 Å². The molecule has 0 unspecified atom stereocenters. The van der Waals surface area contributed by atoms with Crippen molar-refractivity contribution in [2.24, 2.45) is 0 Å². The molecule has 1 saturated heterocycles. The summed E-state index contributed by atoms with van der Waals surface area (Å²) in [5.41, 5.74) is 2.41. The maximum atomic E-state index is 13.1. The van der Waals surface area contributed by atoms with Crippen LogP contribution in [-0.4, -0.2) is 55.1 Å². The second kappa shape index (κ2) is 8.70. The number of rotatable bonds is 7. The number of nitrogens with one attached hydrogen (secondary N) is 1. The molecule has 166 valence electrons. The number of amides is 1. The minimum absolute atomic E-state index is 0.0652. The minimum atomic E-state index is -0.711. The molecular formula is C23H25N5O4. The minimum Gasteiger partial charge on any atom is -0.507 e. The molecule has 32 heavy (non-hydrogen) atoms. The lowest BCUT2D eigenvalue weighted by Gasteiger charge is -2.25. The zero-order chi connectivity index (χ0) is 22.8. The lowest BCUT2D eigenvalue weighted by Crippen LogP contribution is -2.31. The Morgan fingerprint density at radius 2 is 1.94 bits per heavy atom. The lowest BCUT2D eigenvalue weighted by atomic mass is 9.94. The van der Waals surface area contributed by atoms with Crippen molar-refractivity contribution in [2.45, 2.75) is 32.9 Å². The van der Waals surface area contributed by atoms with Crippen molar-refractivity contribution in [3.05, 3.63) is 71.1 Å². The Bertz CT molecular complexity index is 1140. The SMILES string of the molecule is COc1ccc([C@@H]2/C(=C(\O)c3c(C)n[nH]c3C)C(=O)C(=O)N2CCCn2ccnc2)cc1. The second-order valence-electron chi connectivity index (χ2n) is 7.73. The standard InChI is InChI=1S/C23H25N5O4/c1-14-18(15(2)26-25-14)21(29)19-20(16-5-7-17(32-3)8-6-16)28(23(31)22(19)30)11-4-10-27-12-9-24-13-27/h5-9,12-13,20,29H,4,10-11H2,1-3H3,(H,25,26)/b21-19+/t20-/m1/s1. The van der Waals surface area contributed by atoms with Gasteiger partial charge in [-0.3, -0.25) is 14.7 Å². The van der Waals surface area contributed by atoms with Gasteiger partial charge in [0.15, 0.2) is 0 Å². The molecule has 1 aromatic carbocycles. The highest BCUT2D eigenvalue weighted by atomic mass is 16.5. The Morgan fingerprint density at radius 3 is 2.53 bits per heavy atom. The number of ketones is 1. The Labute approximate surface area is 185 Å². The van der Waals surface area contributed by atoms with Crippen molar-refractivity contribution in [2.75, 3.05) is 13.7 Å². The van der Waals surface area contributed by atoms with Gasteiger partial charge in [-0.1, -0.05) is 12.1 Å². The summed E-state index contributed by atoms with van der Waals surface area (Å²) in [6.45, 7) is 4.50. The highest BCUT2D eigenvalue weighted by Gasteiger charge is 2.46. The predicted molar refractivity (Wildman–Crippen MR) is 117 cm³/mol. The average Bonchev–Trinajstić information content (AvgIpc) is 3.49. The van der Waals surface area contributed by atoms with Gasteiger partial charge in [0.05, 0.1) is 36.3 Å². The fourth-order valence-electron chi connectivity index (χ4n) is 4.12. The molecule has 1 aliphatic heterocycles. The molecule has 0 aliphatic carbocycles. The largest absolute Gasteiger partial charge is 0.507 e. The zero-order valence-corrected chi connectivity index (χ0v) is 18.2. The molecule has 3 aromatic rings. The molecule has 1 aliphatic rings. The van der Waals surface area contributed by atoms with E-state index in [1.54, 1.807) is 57.7 Å². The van der Waals surface area contributed by atoms with Crippen molar-refractivity contribution >= 4 is 17.4 Å². The molecular weight excluding hydrogens is 410 g/mol. The van der Waals surface area contributed by atoms with Crippen LogP contribution < -0.4 is 4.74 Å². The van der Waals surface area contributed by atoms with E-state index in [0.29, 0.717) is 47.8 Å². The first kappa shape index (κ1) is 21.4. The van der Waals surface area contributed by atoms with Crippen LogP contribution >= 0.6 is 0 Å². The number of aliphatic hydroxyl groups is 1. The number of aliphatic hydroxyl groups excluding tert-OH is 1. The summed E-state index contributed by atoms with van der Waals surface area (Å²) in [7, 11) is 1.57. The first-order valence-corrected chi connectivity index (χ1v) is 10.3. The maximum Gasteiger partial charge on any atom is 0.295 e. The summed E-state index contributed by atoms with van der Waals surface area (Å²) in [6.07, 6.45) is 5.87. The number of imidazole rings is 1. The second-order valence-corrected chi connectivity index (χ2v) is 7.73. The summed E-state index contributed by atoms with van der Waals surface area (Å²) < 4.78 is 7.16. The Hall–Kier alpha value is -3.88. The van der Waals surface area contributed by atoms with Crippen LogP contribution in [-0.2, 0) is 16.1 Å². The molecule has 9 nitrogen and oxygen atoms in total. The highest BCUT2D eigenvalue weighted by molar-refractivity contribution is 6.46. The molecule has 0 saturated carbocycles. The number of hydrogen-bond acceptors (Lipinski definition) is 6. The van der Waals surface area contributed by atoms with Crippen LogP contribution in [0.5, 0.6) is 5.75 Å². The van der Waals surface area contributed by atoms with Crippen LogP contribution in [0.2, 0.25) is 0 Å². The van der Waals surface area contributed by atoms with Crippen LogP contribution in [0.15, 0.2) is 48.6 Å². The summed E-state index contributed by atoms with van der Waals surface area (Å²) in [6, 6.07) is 6.45. The van der Waals surface area contributed by atoms with Crippen LogP contribution in [0.4, 0.5) is 0 Å². The molecule has 4 rings (SSSR count). The fraction of sp³-hybridized carbons (Fsp3) is 0.304. The predicted octanol–water partition coefficient (Wildman–Crippen LogP) is 2.74. The monoisotopic (exact) mass is 435 g/mol. The van der Waals surface area contributed by atoms with Crippen LogP contribution in [0.25, 0.3) is 5.76 Å². The molecule has 0 radical (unpaired) electrons. The molecule has 1 amide bonds. The van der Waals surface area contributed by atoms with Gasteiger partial charge in [-0.05, 0) is 38.0 Å². The first-order valence-electron chi connectivity index (χ1n) is 10.3. The number of Topliss-reactive ketones (excluding diaryl/α,β-unsaturated/α-hetero) is 1. The highest BCUT2D eigenvalue weighted by Crippen LogP contribution is 2.40. The van der Waals surface area contributed by atoms with E-state index in [2.05, 4.69) is 15.2 Å². The Morgan fingerprint density at radius 1 is 1.19 bits per heavy atom. The van der Waals surface area contributed by atoms with Gasteiger partial charge in [-0.2, -0.15) is 5.10 Å². The van der Waals surface area contributed by atoms with E-state index < -0.39 is 17.7 Å². The smallest absolute Gasteiger partial charge is 0.295 e. The molecule has 9 heteroatoms. The van der Waals surface area contributed by atoms with E-state index >= 15 is 0 Å². The van der Waals surface area contributed by atoms with E-state index in [4.69, 9.17) is 4.74 Å². The van der Waals surface area contributed by atoms with Gasteiger partial charge in [0.25, 0.3) is 11.7 Å². The van der Waals surface area contributed by atoms with E-state index in [-0.39, 0.29) is 11.3 Å². The van der Waals surface area contributed by atoms with E-state index in [1.807, 2.05) is 10.8 Å². The van der Waals surface area contributed by atoms with Crippen molar-refractivity contribution in [1.29, 1.82) is 0 Å². The summed E-state index contributed by atoms with van der Waals surface area (Å²) in [4.78, 5) is 31.7. The number of benzene rings is 1. The van der Waals surface area contributed by atoms with Crippen molar-refractivity contribution in [3.63, 3.8) is 0 Å². The number of likely N-dealkylation sites (tertiary alicyclic amines) is 1. The molecule has 3 heterocycles. The van der Waals surface area contributed by atoms with Gasteiger partial charge in [-0.15, -0.1) is 0 Å². The zero-order valence-electron chi connectivity index (χ0n) is 18.2. The Balaban J connectivity index is 1.75. The summed E-state index contributed by atoms with van der Waals surface area (Å²) in [5.74, 6) is -0.889. The normalized spacial score (nSPS) is 17.8. The summed E-state index contributed by atoms with van der Waals surface area (Å²) >= 11 is 0. The number of carbonyl (C=O) groups is 2. The molecule has 1 fully saturated rings. The molecule has 2 N–H and O–H groups in total. The van der Waals surface area contributed by atoms with Crippen molar-refractivity contribution in [3.8, 4) is 5.75 Å². The topological polar surface area (TPSA) is 113 Å². The quantitative estimate of drug-likeness (QED) is 0.335. The number of aryl methyl sites for hydroxylation is 3. The van der Waals surface area contributed by atoms with Gasteiger partial charge >= 0.3 is 0 Å². The average molecular weight is 435 g/mol. The maximum absolute atomic E-state index is 13.1. The number of methoxy groups -OCH3 is 1. The summed E-state index contributed by atoms with van der Waals surface area (Å²) in [5, 5.41) is 18.1. The molecule has 1 atom stereocenters. The van der Waals surface area contributed by atoms with E-state index in [1.165, 1.54) is 4.90 Å². The van der Waals surface area contributed by atoms with Crippen molar-refractivity contribution < 1.29 is 19.4 Å². The number of hydrogen-bond donors (Lipinski definition) is 2. The van der Waals surface area contributed by atoms with Crippen LogP contribution in [0.3, 0.4) is 0 Å². The molecule has 0 spiro atoms. The van der Waals surface area contributed by atoms with Gasteiger partial charge in [-0.25, -0.2) is 4.98 Å². The van der Waals surface area contributed by atoms with Crippen LogP contribution in [0, 0.1) is 13.8 Å². The molecule has 2 aromatic heterocycles. The number of nitrogens with zero attached hydrogens (tertiary/aromatic N) is 4. The third-order valence-electron chi connectivity index (χ3n) is 5.71. The van der Waals surface area contributed by atoms with Gasteiger partial charge in [0, 0.05) is 31.2 Å². The third-order valence-corrected chi connectivity index (χ3v) is 5.71. The number of H-pyrrole nitrogens is 1. The number of ether oxygens (including phenoxy) is 1. The first-order chi connectivity index (χ1) is 15.4. The molecule has 0 bridgehead atoms. The van der Waals surface area contributed by atoms with E-state index in [9.17, 15) is 14.7 Å². The van der Waals surface area contributed by atoms with Gasteiger partial charge in [0.1, 0.15) is 11.5 Å². The lowest BCUT2D eigenvalue weighted by molar-refractivity contribution is -0.139. The fourth-order valence-corrected chi connectivity index (χ4v) is 4.12. The Kier molecular flexibility index (Phi) is 5.81. The number of carbonyl (C=O) groups excluding carboxylic acids is 2. The van der Waals surface area contributed by atoms with Crippen LogP contribution in [0.1, 0.15) is 35.0 Å². The number of aromatic nitrogens is 4. The number of aromatic amines is 1. The van der Waals surface area contributed by atoms with Gasteiger partial charge in [0.2, 0.25) is 0 Å². The van der Waals surface area contributed by atoms with Crippen molar-refractivity contribution in [1.82, 2.24) is 24.6 Å².